The SMILES string of the molecule is CCC(=O)c1nc[nH]c1C(=O)NC1CCC(C(=O)Nc2ccc(F)cc2Cl)CC1C. The summed E-state index contributed by atoms with van der Waals surface area (Å²) in [6.45, 7) is 3.69. The van der Waals surface area contributed by atoms with Gasteiger partial charge < -0.3 is 15.6 Å². The maximum atomic E-state index is 13.2. The molecule has 1 aromatic carbocycles. The number of ketones is 1. The van der Waals surface area contributed by atoms with Gasteiger partial charge in [0.15, 0.2) is 5.78 Å². The summed E-state index contributed by atoms with van der Waals surface area (Å²) in [4.78, 5) is 43.9. The highest BCUT2D eigenvalue weighted by Gasteiger charge is 2.33. The van der Waals surface area contributed by atoms with Gasteiger partial charge in [-0.2, -0.15) is 0 Å². The topological polar surface area (TPSA) is 104 Å². The molecule has 3 unspecified atom stereocenters. The van der Waals surface area contributed by atoms with E-state index in [4.69, 9.17) is 11.6 Å². The standard InChI is InChI=1S/C21H24ClFN4O3/c1-3-17(28)18-19(25-10-24-18)21(30)26-15-6-4-12(8-11(15)2)20(29)27-16-7-5-13(23)9-14(16)22/h5,7,9-12,15H,3-4,6,8H2,1-2H3,(H,24,25)(H,26,30)(H,27,29). The summed E-state index contributed by atoms with van der Waals surface area (Å²) >= 11 is 5.98. The van der Waals surface area contributed by atoms with E-state index in [-0.39, 0.29) is 58.3 Å². The van der Waals surface area contributed by atoms with E-state index in [9.17, 15) is 18.8 Å². The third-order valence-electron chi connectivity index (χ3n) is 5.50. The Kier molecular flexibility index (Phi) is 6.87. The molecule has 0 spiro atoms. The van der Waals surface area contributed by atoms with Crippen LogP contribution in [0.3, 0.4) is 0 Å². The number of rotatable bonds is 6. The zero-order chi connectivity index (χ0) is 21.8. The molecule has 2 amide bonds. The molecule has 3 N–H and O–H groups in total. The molecule has 3 rings (SSSR count). The number of carbonyl (C=O) groups excluding carboxylic acids is 3. The van der Waals surface area contributed by atoms with E-state index in [2.05, 4.69) is 20.6 Å². The van der Waals surface area contributed by atoms with Gasteiger partial charge in [0, 0.05) is 18.4 Å². The Hall–Kier alpha value is -2.74. The molecule has 0 saturated heterocycles. The molecule has 2 aromatic rings. The second-order valence-electron chi connectivity index (χ2n) is 7.58. The lowest BCUT2D eigenvalue weighted by Crippen LogP contribution is -2.44. The molecule has 0 aliphatic heterocycles. The summed E-state index contributed by atoms with van der Waals surface area (Å²) in [6.07, 6.45) is 3.39. The van der Waals surface area contributed by atoms with E-state index in [0.717, 1.165) is 6.07 Å². The second kappa shape index (κ2) is 9.38. The van der Waals surface area contributed by atoms with Gasteiger partial charge in [0.2, 0.25) is 5.91 Å². The van der Waals surface area contributed by atoms with Crippen molar-refractivity contribution in [3.8, 4) is 0 Å². The fourth-order valence-electron chi connectivity index (χ4n) is 3.76. The van der Waals surface area contributed by atoms with Crippen LogP contribution in [0.15, 0.2) is 24.5 Å². The minimum absolute atomic E-state index is 0.0513. The third-order valence-corrected chi connectivity index (χ3v) is 5.81. The number of anilines is 1. The molecule has 0 radical (unpaired) electrons. The minimum atomic E-state index is -0.469. The molecule has 1 fully saturated rings. The fourth-order valence-corrected chi connectivity index (χ4v) is 3.98. The Morgan fingerprint density at radius 3 is 2.73 bits per heavy atom. The van der Waals surface area contributed by atoms with E-state index in [1.807, 2.05) is 6.92 Å². The Morgan fingerprint density at radius 1 is 1.30 bits per heavy atom. The number of halogens is 2. The highest BCUT2D eigenvalue weighted by molar-refractivity contribution is 6.33. The zero-order valence-corrected chi connectivity index (χ0v) is 17.6. The summed E-state index contributed by atoms with van der Waals surface area (Å²) in [5, 5.41) is 5.86. The van der Waals surface area contributed by atoms with Crippen LogP contribution in [0.1, 0.15) is 60.5 Å². The predicted octanol–water partition coefficient (Wildman–Crippen LogP) is 3.97. The molecular formula is C21H24ClFN4O3. The number of imidazole rings is 1. The van der Waals surface area contributed by atoms with Crippen LogP contribution in [0.5, 0.6) is 0 Å². The third kappa shape index (κ3) is 4.87. The molecule has 1 aliphatic carbocycles. The van der Waals surface area contributed by atoms with Crippen LogP contribution in [0.2, 0.25) is 5.02 Å². The van der Waals surface area contributed by atoms with Crippen molar-refractivity contribution in [3.05, 3.63) is 46.8 Å². The van der Waals surface area contributed by atoms with E-state index in [1.165, 1.54) is 18.5 Å². The van der Waals surface area contributed by atoms with Crippen LogP contribution in [-0.4, -0.2) is 33.6 Å². The molecule has 9 heteroatoms. The molecule has 1 aliphatic rings. The van der Waals surface area contributed by atoms with Crippen LogP contribution in [0, 0.1) is 17.7 Å². The smallest absolute Gasteiger partial charge is 0.270 e. The van der Waals surface area contributed by atoms with Crippen molar-refractivity contribution in [2.24, 2.45) is 11.8 Å². The number of aromatic nitrogens is 2. The molecule has 30 heavy (non-hydrogen) atoms. The van der Waals surface area contributed by atoms with Crippen molar-refractivity contribution in [1.82, 2.24) is 15.3 Å². The van der Waals surface area contributed by atoms with Gasteiger partial charge in [0.1, 0.15) is 17.2 Å². The van der Waals surface area contributed by atoms with E-state index in [0.29, 0.717) is 24.9 Å². The number of nitrogens with one attached hydrogen (secondary N) is 3. The first kappa shape index (κ1) is 22.0. The number of nitrogens with zero attached hydrogens (tertiary/aromatic N) is 1. The fraction of sp³-hybridized carbons (Fsp3) is 0.429. The van der Waals surface area contributed by atoms with Crippen LogP contribution >= 0.6 is 11.6 Å². The molecule has 7 nitrogen and oxygen atoms in total. The Bertz CT molecular complexity index is 961. The average molecular weight is 435 g/mol. The lowest BCUT2D eigenvalue weighted by atomic mass is 9.78. The van der Waals surface area contributed by atoms with Crippen molar-refractivity contribution in [3.63, 3.8) is 0 Å². The monoisotopic (exact) mass is 434 g/mol. The summed E-state index contributed by atoms with van der Waals surface area (Å²) in [5.41, 5.74) is 0.685. The molecule has 160 valence electrons. The predicted molar refractivity (Wildman–Crippen MR) is 111 cm³/mol. The van der Waals surface area contributed by atoms with Crippen molar-refractivity contribution >= 4 is 34.9 Å². The van der Waals surface area contributed by atoms with E-state index < -0.39 is 5.82 Å². The minimum Gasteiger partial charge on any atom is -0.348 e. The molecule has 1 heterocycles. The molecule has 1 aromatic heterocycles. The summed E-state index contributed by atoms with van der Waals surface area (Å²) in [6, 6.07) is 3.71. The molecule has 3 atom stereocenters. The lowest BCUT2D eigenvalue weighted by Gasteiger charge is -2.34. The van der Waals surface area contributed by atoms with Gasteiger partial charge in [-0.3, -0.25) is 14.4 Å². The van der Waals surface area contributed by atoms with Crippen molar-refractivity contribution in [2.45, 2.75) is 45.6 Å². The summed E-state index contributed by atoms with van der Waals surface area (Å²) in [5.74, 6) is -1.40. The van der Waals surface area contributed by atoms with Crippen LogP contribution in [-0.2, 0) is 4.79 Å². The van der Waals surface area contributed by atoms with Gasteiger partial charge in [-0.05, 0) is 43.4 Å². The Balaban J connectivity index is 1.58. The average Bonchev–Trinajstić information content (AvgIpc) is 3.21. The number of Topliss-reactive ketones (excluding diaryl/α,β-unsaturated/α-hetero) is 1. The second-order valence-corrected chi connectivity index (χ2v) is 7.99. The van der Waals surface area contributed by atoms with Crippen molar-refractivity contribution < 1.29 is 18.8 Å². The highest BCUT2D eigenvalue weighted by atomic mass is 35.5. The number of hydrogen-bond acceptors (Lipinski definition) is 4. The van der Waals surface area contributed by atoms with E-state index >= 15 is 0 Å². The number of H-pyrrole nitrogens is 1. The first-order valence-electron chi connectivity index (χ1n) is 9.93. The van der Waals surface area contributed by atoms with Crippen molar-refractivity contribution in [1.29, 1.82) is 0 Å². The van der Waals surface area contributed by atoms with Crippen molar-refractivity contribution in [2.75, 3.05) is 5.32 Å². The maximum absolute atomic E-state index is 13.2. The normalized spacial score (nSPS) is 21.1. The molecular weight excluding hydrogens is 411 g/mol. The largest absolute Gasteiger partial charge is 0.348 e. The number of aromatic amines is 1. The number of amides is 2. The highest BCUT2D eigenvalue weighted by Crippen LogP contribution is 2.31. The molecule has 0 bridgehead atoms. The van der Waals surface area contributed by atoms with Gasteiger partial charge in [-0.1, -0.05) is 25.4 Å². The van der Waals surface area contributed by atoms with Gasteiger partial charge in [-0.15, -0.1) is 0 Å². The molecule has 1 saturated carbocycles. The summed E-state index contributed by atoms with van der Waals surface area (Å²) < 4.78 is 13.2. The first-order valence-corrected chi connectivity index (χ1v) is 10.3. The van der Waals surface area contributed by atoms with Gasteiger partial charge in [0.25, 0.3) is 5.91 Å². The van der Waals surface area contributed by atoms with Crippen LogP contribution < -0.4 is 10.6 Å². The number of benzene rings is 1. The Labute approximate surface area is 178 Å². The Morgan fingerprint density at radius 2 is 2.07 bits per heavy atom. The van der Waals surface area contributed by atoms with Gasteiger partial charge in [-0.25, -0.2) is 9.37 Å². The van der Waals surface area contributed by atoms with Gasteiger partial charge in [0.05, 0.1) is 17.0 Å². The lowest BCUT2D eigenvalue weighted by molar-refractivity contribution is -0.121. The maximum Gasteiger partial charge on any atom is 0.270 e. The van der Waals surface area contributed by atoms with Gasteiger partial charge >= 0.3 is 0 Å². The van der Waals surface area contributed by atoms with Crippen LogP contribution in [0.4, 0.5) is 10.1 Å². The summed E-state index contributed by atoms with van der Waals surface area (Å²) in [7, 11) is 0. The number of hydrogen-bond donors (Lipinski definition) is 3. The first-order chi connectivity index (χ1) is 14.3. The van der Waals surface area contributed by atoms with E-state index in [1.54, 1.807) is 6.92 Å². The zero-order valence-electron chi connectivity index (χ0n) is 16.8. The van der Waals surface area contributed by atoms with Crippen LogP contribution in [0.25, 0.3) is 0 Å². The number of carbonyl (C=O) groups is 3. The quantitative estimate of drug-likeness (QED) is 0.598.